The van der Waals surface area contributed by atoms with Gasteiger partial charge >= 0.3 is 5.97 Å². The molecule has 2 aromatic rings. The Morgan fingerprint density at radius 2 is 1.62 bits per heavy atom. The topological polar surface area (TPSA) is 168 Å². The zero-order valence-corrected chi connectivity index (χ0v) is 23.9. The van der Waals surface area contributed by atoms with Crippen LogP contribution in [-0.2, 0) is 25.6 Å². The van der Waals surface area contributed by atoms with E-state index in [1.54, 1.807) is 63.2 Å². The first kappa shape index (κ1) is 30.9. The molecule has 1 aliphatic carbocycles. The fourth-order valence-electron chi connectivity index (χ4n) is 5.07. The molecule has 0 radical (unpaired) electrons. The van der Waals surface area contributed by atoms with Crippen LogP contribution >= 0.6 is 23.2 Å². The molecule has 3 atom stereocenters. The van der Waals surface area contributed by atoms with Gasteiger partial charge in [-0.25, -0.2) is 4.79 Å². The second kappa shape index (κ2) is 12.3. The number of anilines is 1. The highest BCUT2D eigenvalue weighted by Crippen LogP contribution is 2.56. The molecule has 2 aromatic carbocycles. The Bertz CT molecular complexity index is 1310. The summed E-state index contributed by atoms with van der Waals surface area (Å²) in [5.74, 6) is -3.86. The number of halogens is 2. The van der Waals surface area contributed by atoms with Crippen LogP contribution in [0.3, 0.4) is 0 Å². The molecule has 1 fully saturated rings. The van der Waals surface area contributed by atoms with E-state index in [1.165, 1.54) is 0 Å². The van der Waals surface area contributed by atoms with Gasteiger partial charge < -0.3 is 26.8 Å². The van der Waals surface area contributed by atoms with Crippen molar-refractivity contribution in [2.45, 2.75) is 46.1 Å². The van der Waals surface area contributed by atoms with Crippen molar-refractivity contribution in [1.82, 2.24) is 10.6 Å². The number of nitrogens with one attached hydrogen (secondary N) is 3. The number of primary amides is 1. The third-order valence-electron chi connectivity index (χ3n) is 7.92. The van der Waals surface area contributed by atoms with Gasteiger partial charge in [-0.15, -0.1) is 0 Å². The van der Waals surface area contributed by atoms with Crippen molar-refractivity contribution in [1.29, 1.82) is 0 Å². The van der Waals surface area contributed by atoms with Crippen LogP contribution in [0.25, 0.3) is 0 Å². The molecule has 10 nitrogen and oxygen atoms in total. The van der Waals surface area contributed by atoms with Crippen LogP contribution in [0.4, 0.5) is 5.69 Å². The quantitative estimate of drug-likeness (QED) is 0.284. The Balaban J connectivity index is 1.66. The maximum Gasteiger partial charge on any atom is 0.326 e. The fourth-order valence-corrected chi connectivity index (χ4v) is 5.64. The summed E-state index contributed by atoms with van der Waals surface area (Å²) in [5, 5.41) is 18.1. The monoisotopic (exact) mass is 590 g/mol. The van der Waals surface area contributed by atoms with Crippen molar-refractivity contribution in [3.63, 3.8) is 0 Å². The summed E-state index contributed by atoms with van der Waals surface area (Å²) in [6.45, 7) is 4.99. The highest BCUT2D eigenvalue weighted by atomic mass is 35.5. The Hall–Kier alpha value is -3.63. The SMILES string of the molecule is CC1(C)[C@@H](C(=O)NC(Cc2ccc(NC(=O)c3c(Cl)cccc3Cl)cc2)C(=O)O)CC[C@@]1(C)C(=O)NCC(N)=O. The molecule has 0 spiro atoms. The Kier molecular flexibility index (Phi) is 9.48. The van der Waals surface area contributed by atoms with Crippen molar-refractivity contribution in [2.75, 3.05) is 11.9 Å². The summed E-state index contributed by atoms with van der Waals surface area (Å²) in [7, 11) is 0. The number of hydrogen-bond acceptors (Lipinski definition) is 5. The summed E-state index contributed by atoms with van der Waals surface area (Å²) in [6.07, 6.45) is 0.748. The molecule has 1 unspecified atom stereocenters. The van der Waals surface area contributed by atoms with Crippen LogP contribution in [-0.4, -0.2) is 47.3 Å². The molecule has 0 aromatic heterocycles. The van der Waals surface area contributed by atoms with Crippen molar-refractivity contribution in [2.24, 2.45) is 22.5 Å². The zero-order valence-electron chi connectivity index (χ0n) is 22.3. The van der Waals surface area contributed by atoms with E-state index >= 15 is 0 Å². The number of carboxylic acids is 1. The van der Waals surface area contributed by atoms with Gasteiger partial charge in [-0.05, 0) is 48.1 Å². The number of amides is 4. The molecule has 12 heteroatoms. The minimum absolute atomic E-state index is 0.00481. The van der Waals surface area contributed by atoms with Crippen molar-refractivity contribution in [3.05, 3.63) is 63.6 Å². The molecular formula is C28H32Cl2N4O6. The lowest BCUT2D eigenvalue weighted by molar-refractivity contribution is -0.145. The Morgan fingerprint density at radius 1 is 1.02 bits per heavy atom. The van der Waals surface area contributed by atoms with Gasteiger partial charge in [0.15, 0.2) is 0 Å². The largest absolute Gasteiger partial charge is 0.480 e. The van der Waals surface area contributed by atoms with Crippen molar-refractivity contribution in [3.8, 4) is 0 Å². The number of nitrogens with two attached hydrogens (primary N) is 1. The van der Waals surface area contributed by atoms with Crippen LogP contribution in [0.5, 0.6) is 0 Å². The van der Waals surface area contributed by atoms with E-state index in [1.807, 2.05) is 0 Å². The van der Waals surface area contributed by atoms with Crippen LogP contribution in [0.15, 0.2) is 42.5 Å². The van der Waals surface area contributed by atoms with Gasteiger partial charge in [-0.2, -0.15) is 0 Å². The first-order chi connectivity index (χ1) is 18.7. The normalized spacial score (nSPS) is 20.3. The van der Waals surface area contributed by atoms with Gasteiger partial charge in [0.25, 0.3) is 5.91 Å². The maximum atomic E-state index is 13.3. The van der Waals surface area contributed by atoms with Crippen molar-refractivity contribution < 1.29 is 29.1 Å². The summed E-state index contributed by atoms with van der Waals surface area (Å²) >= 11 is 12.2. The highest BCUT2D eigenvalue weighted by molar-refractivity contribution is 6.40. The fraction of sp³-hybridized carbons (Fsp3) is 0.393. The van der Waals surface area contributed by atoms with Gasteiger partial charge in [0.2, 0.25) is 17.7 Å². The van der Waals surface area contributed by atoms with Crippen LogP contribution < -0.4 is 21.7 Å². The van der Waals surface area contributed by atoms with Gasteiger partial charge in [-0.1, -0.05) is 62.2 Å². The summed E-state index contributed by atoms with van der Waals surface area (Å²) in [6, 6.07) is 10.0. The lowest BCUT2D eigenvalue weighted by Gasteiger charge is -2.40. The van der Waals surface area contributed by atoms with Crippen LogP contribution in [0.1, 0.15) is 49.5 Å². The van der Waals surface area contributed by atoms with E-state index in [0.717, 1.165) is 0 Å². The average molecular weight is 591 g/mol. The third-order valence-corrected chi connectivity index (χ3v) is 8.55. The molecule has 0 heterocycles. The minimum atomic E-state index is -1.22. The molecule has 4 amide bonds. The number of aliphatic carboxylic acids is 1. The molecule has 214 valence electrons. The Morgan fingerprint density at radius 3 is 2.17 bits per heavy atom. The van der Waals surface area contributed by atoms with Crippen molar-refractivity contribution >= 4 is 58.5 Å². The number of rotatable bonds is 10. The Labute approximate surface area is 242 Å². The first-order valence-corrected chi connectivity index (χ1v) is 13.4. The smallest absolute Gasteiger partial charge is 0.326 e. The molecule has 0 aliphatic heterocycles. The summed E-state index contributed by atoms with van der Waals surface area (Å²) in [4.78, 5) is 61.8. The predicted octanol–water partition coefficient (Wildman–Crippen LogP) is 3.40. The molecule has 0 saturated heterocycles. The molecule has 40 heavy (non-hydrogen) atoms. The van der Waals surface area contributed by atoms with Gasteiger partial charge in [0, 0.05) is 18.0 Å². The second-order valence-corrected chi connectivity index (χ2v) is 11.5. The van der Waals surface area contributed by atoms with E-state index in [-0.39, 0.29) is 34.5 Å². The van der Waals surface area contributed by atoms with E-state index in [2.05, 4.69) is 16.0 Å². The lowest BCUT2D eigenvalue weighted by atomic mass is 9.65. The van der Waals surface area contributed by atoms with Gasteiger partial charge in [0.1, 0.15) is 6.04 Å². The summed E-state index contributed by atoms with van der Waals surface area (Å²) in [5.41, 5.74) is 4.55. The molecule has 3 rings (SSSR count). The van der Waals surface area contributed by atoms with Gasteiger partial charge in [0.05, 0.1) is 27.6 Å². The third kappa shape index (κ3) is 6.56. The lowest BCUT2D eigenvalue weighted by Crippen LogP contribution is -2.52. The van der Waals surface area contributed by atoms with E-state index in [9.17, 15) is 29.1 Å². The van der Waals surface area contributed by atoms with Crippen LogP contribution in [0, 0.1) is 16.7 Å². The number of carboxylic acid groups (broad SMARTS) is 1. The standard InChI is InChI=1S/C28H32Cl2N4O6/c1-27(2)17(11-12-28(27,3)26(40)32-14-21(31)35)23(36)34-20(25(38)39)13-15-7-9-16(10-8-15)33-24(37)22-18(29)5-4-6-19(22)30/h4-10,17,20H,11-14H2,1-3H3,(H2,31,35)(H,32,40)(H,33,37)(H,34,36)(H,38,39)/t17-,20?,28+/m1/s1. The highest BCUT2D eigenvalue weighted by Gasteiger charge is 2.58. The molecule has 0 bridgehead atoms. The molecule has 6 N–H and O–H groups in total. The first-order valence-electron chi connectivity index (χ1n) is 12.6. The number of benzene rings is 2. The molecule has 1 saturated carbocycles. The van der Waals surface area contributed by atoms with E-state index in [4.69, 9.17) is 28.9 Å². The van der Waals surface area contributed by atoms with Gasteiger partial charge in [-0.3, -0.25) is 19.2 Å². The second-order valence-electron chi connectivity index (χ2n) is 10.6. The average Bonchev–Trinajstić information content (AvgIpc) is 3.12. The zero-order chi connectivity index (χ0) is 29.8. The number of carbonyl (C=O) groups excluding carboxylic acids is 4. The van der Waals surface area contributed by atoms with E-state index in [0.29, 0.717) is 24.1 Å². The van der Waals surface area contributed by atoms with Crippen LogP contribution in [0.2, 0.25) is 10.0 Å². The predicted molar refractivity (Wildman–Crippen MR) is 151 cm³/mol. The molecule has 1 aliphatic rings. The number of hydrogen-bond donors (Lipinski definition) is 5. The minimum Gasteiger partial charge on any atom is -0.480 e. The van der Waals surface area contributed by atoms with E-state index < -0.39 is 46.5 Å². The maximum absolute atomic E-state index is 13.3. The molecular weight excluding hydrogens is 559 g/mol. The number of carbonyl (C=O) groups is 5. The summed E-state index contributed by atoms with van der Waals surface area (Å²) < 4.78 is 0.